The fourth-order valence-corrected chi connectivity index (χ4v) is 5.36. The molecule has 4 heteroatoms. The minimum absolute atomic E-state index is 0.146. The van der Waals surface area contributed by atoms with Gasteiger partial charge in [-0.25, -0.2) is 0 Å². The van der Waals surface area contributed by atoms with E-state index in [0.29, 0.717) is 12.3 Å². The number of hydrogen-bond donors (Lipinski definition) is 0. The maximum absolute atomic E-state index is 13.0. The van der Waals surface area contributed by atoms with Gasteiger partial charge in [0.25, 0.3) is 0 Å². The van der Waals surface area contributed by atoms with Crippen LogP contribution in [0.5, 0.6) is 5.75 Å². The number of Topliss-reactive ketones (excluding diaryl/α,β-unsaturated/α-hetero) is 1. The van der Waals surface area contributed by atoms with Crippen LogP contribution in [0.4, 0.5) is 0 Å². The third-order valence-corrected chi connectivity index (χ3v) is 7.63. The maximum Gasteiger partial charge on any atom is 0.166 e. The summed E-state index contributed by atoms with van der Waals surface area (Å²) in [6.45, 7) is 10.4. The van der Waals surface area contributed by atoms with Gasteiger partial charge >= 0.3 is 0 Å². The van der Waals surface area contributed by atoms with Gasteiger partial charge in [-0.1, -0.05) is 86.6 Å². The number of rotatable bonds is 13. The van der Waals surface area contributed by atoms with Crippen LogP contribution in [0.2, 0.25) is 0 Å². The third-order valence-electron chi connectivity index (χ3n) is 7.63. The Morgan fingerprint density at radius 2 is 1.43 bits per heavy atom. The Balaban J connectivity index is 1.33. The Kier molecular flexibility index (Phi) is 10.3. The maximum atomic E-state index is 13.0. The molecule has 0 aliphatic carbocycles. The van der Waals surface area contributed by atoms with Crippen molar-refractivity contribution in [3.63, 3.8) is 0 Å². The van der Waals surface area contributed by atoms with Gasteiger partial charge in [0.1, 0.15) is 11.9 Å². The number of hydrogen-bond acceptors (Lipinski definition) is 4. The molecule has 0 spiro atoms. The quantitative estimate of drug-likeness (QED) is 0.247. The molecular weight excluding hydrogens is 456 g/mol. The topological polar surface area (TPSA) is 32.8 Å². The fourth-order valence-electron chi connectivity index (χ4n) is 5.36. The summed E-state index contributed by atoms with van der Waals surface area (Å²) < 4.78 is 6.44. The van der Waals surface area contributed by atoms with Crippen molar-refractivity contribution in [2.75, 3.05) is 39.3 Å². The lowest BCUT2D eigenvalue weighted by molar-refractivity contribution is 0.0914. The van der Waals surface area contributed by atoms with E-state index in [1.807, 2.05) is 24.3 Å². The Morgan fingerprint density at radius 1 is 0.865 bits per heavy atom. The van der Waals surface area contributed by atoms with Crippen LogP contribution in [0.3, 0.4) is 0 Å². The minimum Gasteiger partial charge on any atom is -0.490 e. The van der Waals surface area contributed by atoms with Gasteiger partial charge in [-0.15, -0.1) is 0 Å². The number of piperidine rings is 1. The van der Waals surface area contributed by atoms with Crippen LogP contribution < -0.4 is 4.74 Å². The number of carbonyl (C=O) groups is 1. The van der Waals surface area contributed by atoms with Gasteiger partial charge in [-0.05, 0) is 62.2 Å². The molecule has 0 N–H and O–H groups in total. The summed E-state index contributed by atoms with van der Waals surface area (Å²) in [5.41, 5.74) is 3.46. The molecular formula is C33H42N2O2. The van der Waals surface area contributed by atoms with Crippen LogP contribution in [0, 0.1) is 0 Å². The van der Waals surface area contributed by atoms with Crippen molar-refractivity contribution in [1.82, 2.24) is 9.80 Å². The van der Waals surface area contributed by atoms with Crippen molar-refractivity contribution in [3.05, 3.63) is 102 Å². The molecule has 4 rings (SSSR count). The van der Waals surface area contributed by atoms with E-state index in [4.69, 9.17) is 4.74 Å². The van der Waals surface area contributed by atoms with E-state index >= 15 is 0 Å². The lowest BCUT2D eigenvalue weighted by atomic mass is 9.90. The average molecular weight is 499 g/mol. The number of nitrogens with zero attached hydrogens (tertiary/aromatic N) is 2. The Hall–Kier alpha value is -2.95. The van der Waals surface area contributed by atoms with Crippen LogP contribution >= 0.6 is 0 Å². The second-order valence-corrected chi connectivity index (χ2v) is 10.0. The van der Waals surface area contributed by atoms with Crippen LogP contribution in [-0.2, 0) is 0 Å². The molecule has 3 aromatic rings. The van der Waals surface area contributed by atoms with Crippen LogP contribution in [0.1, 0.15) is 66.9 Å². The Bertz CT molecular complexity index is 1030. The first kappa shape index (κ1) is 27.1. The molecule has 3 aromatic carbocycles. The van der Waals surface area contributed by atoms with Gasteiger partial charge in [0.15, 0.2) is 5.78 Å². The first-order valence-electron chi connectivity index (χ1n) is 14.0. The summed E-state index contributed by atoms with van der Waals surface area (Å²) >= 11 is 0. The average Bonchev–Trinajstić information content (AvgIpc) is 2.96. The highest BCUT2D eigenvalue weighted by atomic mass is 16.5. The van der Waals surface area contributed by atoms with E-state index < -0.39 is 0 Å². The predicted octanol–water partition coefficient (Wildman–Crippen LogP) is 6.67. The summed E-state index contributed by atoms with van der Waals surface area (Å²) in [6, 6.07) is 29.5. The van der Waals surface area contributed by atoms with Gasteiger partial charge < -0.3 is 14.5 Å². The second-order valence-electron chi connectivity index (χ2n) is 10.0. The van der Waals surface area contributed by atoms with Crippen molar-refractivity contribution in [2.45, 2.75) is 51.6 Å². The summed E-state index contributed by atoms with van der Waals surface area (Å²) in [5, 5.41) is 0. The first-order valence-corrected chi connectivity index (χ1v) is 14.0. The zero-order chi connectivity index (χ0) is 25.9. The van der Waals surface area contributed by atoms with Gasteiger partial charge in [0.2, 0.25) is 0 Å². The third kappa shape index (κ3) is 7.77. The van der Waals surface area contributed by atoms with E-state index in [0.717, 1.165) is 69.8 Å². The van der Waals surface area contributed by atoms with Crippen LogP contribution in [-0.4, -0.2) is 61.0 Å². The molecule has 0 unspecified atom stereocenters. The molecule has 4 nitrogen and oxygen atoms in total. The van der Waals surface area contributed by atoms with Crippen LogP contribution in [0.15, 0.2) is 84.9 Å². The highest BCUT2D eigenvalue weighted by molar-refractivity contribution is 5.98. The number of ketones is 1. The van der Waals surface area contributed by atoms with Gasteiger partial charge in [-0.2, -0.15) is 0 Å². The second kappa shape index (κ2) is 14.1. The SMILES string of the molecule is CCN(CC)CCCC(=O)c1ccccc1OC1CCN(CC(c2ccccc2)c2ccccc2)CC1. The predicted molar refractivity (Wildman–Crippen MR) is 153 cm³/mol. The molecule has 196 valence electrons. The van der Waals surface area contributed by atoms with Crippen molar-refractivity contribution in [1.29, 1.82) is 0 Å². The molecule has 1 saturated heterocycles. The molecule has 1 heterocycles. The Morgan fingerprint density at radius 3 is 2.03 bits per heavy atom. The van der Waals surface area contributed by atoms with E-state index in [-0.39, 0.29) is 11.9 Å². The number of para-hydroxylation sites is 1. The summed E-state index contributed by atoms with van der Waals surface area (Å²) in [4.78, 5) is 17.9. The van der Waals surface area contributed by atoms with Crippen molar-refractivity contribution < 1.29 is 9.53 Å². The largest absolute Gasteiger partial charge is 0.490 e. The van der Waals surface area contributed by atoms with Crippen LogP contribution in [0.25, 0.3) is 0 Å². The molecule has 0 aromatic heterocycles. The van der Waals surface area contributed by atoms with Gasteiger partial charge in [0, 0.05) is 32.0 Å². The molecule has 0 bridgehead atoms. The number of carbonyl (C=O) groups excluding carboxylic acids is 1. The Labute approximate surface area is 223 Å². The lowest BCUT2D eigenvalue weighted by Crippen LogP contribution is -2.40. The van der Waals surface area contributed by atoms with Gasteiger partial charge in [0.05, 0.1) is 5.56 Å². The summed E-state index contributed by atoms with van der Waals surface area (Å²) in [7, 11) is 0. The van der Waals surface area contributed by atoms with Crippen molar-refractivity contribution in [2.24, 2.45) is 0 Å². The summed E-state index contributed by atoms with van der Waals surface area (Å²) in [5.74, 6) is 1.29. The van der Waals surface area contributed by atoms with Gasteiger partial charge in [-0.3, -0.25) is 4.79 Å². The standard InChI is InChI=1S/C33H42N2O2/c1-3-34(4-2)23-13-19-32(36)30-18-11-12-20-33(30)37-29-21-24-35(25-22-29)26-31(27-14-7-5-8-15-27)28-16-9-6-10-17-28/h5-12,14-18,20,29,31H,3-4,13,19,21-26H2,1-2H3. The smallest absolute Gasteiger partial charge is 0.166 e. The fraction of sp³-hybridized carbons (Fsp3) is 0.424. The van der Waals surface area contributed by atoms with E-state index in [2.05, 4.69) is 84.3 Å². The minimum atomic E-state index is 0.146. The zero-order valence-electron chi connectivity index (χ0n) is 22.5. The van der Waals surface area contributed by atoms with E-state index in [1.165, 1.54) is 11.1 Å². The molecule has 1 fully saturated rings. The molecule has 1 aliphatic heterocycles. The monoisotopic (exact) mass is 498 g/mol. The molecule has 0 amide bonds. The summed E-state index contributed by atoms with van der Waals surface area (Å²) in [6.07, 6.45) is 3.54. The molecule has 0 atom stereocenters. The van der Waals surface area contributed by atoms with E-state index in [9.17, 15) is 4.79 Å². The molecule has 1 aliphatic rings. The zero-order valence-corrected chi connectivity index (χ0v) is 22.5. The highest BCUT2D eigenvalue weighted by Crippen LogP contribution is 2.29. The van der Waals surface area contributed by atoms with Crippen molar-refractivity contribution in [3.8, 4) is 5.75 Å². The molecule has 0 radical (unpaired) electrons. The molecule has 0 saturated carbocycles. The lowest BCUT2D eigenvalue weighted by Gasteiger charge is -2.35. The first-order chi connectivity index (χ1) is 18.2. The number of benzene rings is 3. The molecule has 37 heavy (non-hydrogen) atoms. The normalized spacial score (nSPS) is 14.8. The van der Waals surface area contributed by atoms with Crippen molar-refractivity contribution >= 4 is 5.78 Å². The van der Waals surface area contributed by atoms with E-state index in [1.54, 1.807) is 0 Å². The number of ether oxygens (including phenoxy) is 1. The highest BCUT2D eigenvalue weighted by Gasteiger charge is 2.25. The number of likely N-dealkylation sites (tertiary alicyclic amines) is 1.